The lowest BCUT2D eigenvalue weighted by atomic mass is 10.0. The SMILES string of the molecule is CN(C)C(=O)[n+]1cc(C(=O)[C-]2C=[S+][C-](c3cccnc3)[NH2+]2)c2ccc(-c3ccccc3)c[c-]21. The molecule has 0 fully saturated rings. The molecule has 1 aliphatic heterocycles. The highest BCUT2D eigenvalue weighted by atomic mass is 32.1. The minimum absolute atomic E-state index is 0.107. The average Bonchev–Trinajstić information content (AvgIpc) is 3.49. The van der Waals surface area contributed by atoms with E-state index in [-0.39, 0.29) is 11.8 Å². The molecular weight excluding hydrogens is 432 g/mol. The van der Waals surface area contributed by atoms with Gasteiger partial charge in [0.25, 0.3) is 5.37 Å². The Morgan fingerprint density at radius 2 is 1.85 bits per heavy atom. The summed E-state index contributed by atoms with van der Waals surface area (Å²) < 4.78 is 1.56. The molecule has 2 N–H and O–H groups in total. The van der Waals surface area contributed by atoms with Crippen molar-refractivity contribution in [1.82, 2.24) is 9.88 Å². The Kier molecular flexibility index (Phi) is 5.42. The van der Waals surface area contributed by atoms with E-state index in [9.17, 15) is 9.59 Å². The van der Waals surface area contributed by atoms with Gasteiger partial charge >= 0.3 is 6.03 Å². The number of pyridine rings is 1. The number of fused-ring (bicyclic) bond motifs is 1. The Morgan fingerprint density at radius 3 is 2.58 bits per heavy atom. The summed E-state index contributed by atoms with van der Waals surface area (Å²) in [6.45, 7) is 0. The van der Waals surface area contributed by atoms with Gasteiger partial charge in [0, 0.05) is 6.20 Å². The van der Waals surface area contributed by atoms with Crippen LogP contribution in [0.4, 0.5) is 4.79 Å². The van der Waals surface area contributed by atoms with Crippen LogP contribution in [0.25, 0.3) is 22.0 Å². The molecule has 1 aliphatic rings. The summed E-state index contributed by atoms with van der Waals surface area (Å²) in [7, 11) is 3.41. The summed E-state index contributed by atoms with van der Waals surface area (Å²) in [4.78, 5) is 32.1. The highest BCUT2D eigenvalue weighted by molar-refractivity contribution is 7.81. The van der Waals surface area contributed by atoms with Crippen LogP contribution in [0.3, 0.4) is 0 Å². The number of hydrogen-bond acceptors (Lipinski definition) is 3. The molecule has 0 saturated carbocycles. The first-order valence-electron chi connectivity index (χ1n) is 10.5. The molecule has 164 valence electrons. The van der Waals surface area contributed by atoms with E-state index in [2.05, 4.69) is 4.98 Å². The van der Waals surface area contributed by atoms with Gasteiger partial charge in [-0.2, -0.15) is 0 Å². The molecule has 0 atom stereocenters. The molecule has 1 amide bonds. The van der Waals surface area contributed by atoms with Gasteiger partial charge in [-0.25, -0.2) is 9.36 Å². The number of aromatic nitrogens is 2. The van der Waals surface area contributed by atoms with Gasteiger partial charge in [0.2, 0.25) is 0 Å². The maximum atomic E-state index is 13.5. The van der Waals surface area contributed by atoms with E-state index in [0.29, 0.717) is 17.1 Å². The molecule has 0 saturated heterocycles. The monoisotopic (exact) mass is 454 g/mol. The molecule has 2 aromatic heterocycles. The minimum atomic E-state index is -0.203. The zero-order valence-corrected chi connectivity index (χ0v) is 19.0. The topological polar surface area (TPSA) is 70.8 Å². The third-order valence-corrected chi connectivity index (χ3v) is 6.53. The van der Waals surface area contributed by atoms with Gasteiger partial charge in [-0.3, -0.25) is 4.90 Å². The van der Waals surface area contributed by atoms with Crippen molar-refractivity contribution in [3.63, 3.8) is 0 Å². The number of ketones is 1. The van der Waals surface area contributed by atoms with E-state index in [0.717, 1.165) is 27.5 Å². The number of benzene rings is 2. The molecule has 0 spiro atoms. The molecule has 0 aliphatic carbocycles. The van der Waals surface area contributed by atoms with Gasteiger partial charge in [0.1, 0.15) is 5.78 Å². The van der Waals surface area contributed by atoms with Crippen LogP contribution >= 0.6 is 0 Å². The van der Waals surface area contributed by atoms with Crippen molar-refractivity contribution in [2.45, 2.75) is 0 Å². The van der Waals surface area contributed by atoms with E-state index in [1.807, 2.05) is 71.3 Å². The first-order chi connectivity index (χ1) is 16.0. The van der Waals surface area contributed by atoms with Crippen LogP contribution in [0.2, 0.25) is 0 Å². The number of carbonyl (C=O) groups excluding carboxylic acids is 2. The van der Waals surface area contributed by atoms with Gasteiger partial charge in [-0.05, 0) is 22.9 Å². The molecule has 7 heteroatoms. The number of Topliss-reactive ketones (excluding diaryl/α,β-unsaturated/α-hetero) is 1. The Balaban J connectivity index is 1.53. The van der Waals surface area contributed by atoms with Gasteiger partial charge in [0.05, 0.1) is 25.7 Å². The maximum absolute atomic E-state index is 13.5. The fraction of sp³-hybridized carbons (Fsp3) is 0.0769. The molecule has 0 radical (unpaired) electrons. The second-order valence-electron chi connectivity index (χ2n) is 7.96. The Hall–Kier alpha value is -3.94. The molecule has 0 unspecified atom stereocenters. The van der Waals surface area contributed by atoms with Gasteiger partial charge in [-0.15, -0.1) is 18.2 Å². The largest absolute Gasteiger partial charge is 0.441 e. The van der Waals surface area contributed by atoms with E-state index in [1.54, 1.807) is 37.3 Å². The summed E-state index contributed by atoms with van der Waals surface area (Å²) in [6, 6.07) is 20.1. The van der Waals surface area contributed by atoms with Crippen molar-refractivity contribution in [1.29, 1.82) is 0 Å². The van der Waals surface area contributed by atoms with Gasteiger partial charge < -0.3 is 15.1 Å². The van der Waals surface area contributed by atoms with Crippen molar-refractivity contribution >= 4 is 39.4 Å². The first kappa shape index (κ1) is 20.9. The Bertz CT molecular complexity index is 1360. The third kappa shape index (κ3) is 3.88. The van der Waals surface area contributed by atoms with Gasteiger partial charge in [-0.1, -0.05) is 59.6 Å². The zero-order valence-electron chi connectivity index (χ0n) is 18.2. The number of nitrogens with two attached hydrogens (primary N) is 1. The summed E-state index contributed by atoms with van der Waals surface area (Å²) in [5.74, 6) is -0.107. The predicted octanol–water partition coefficient (Wildman–Crippen LogP) is 2.15. The number of amides is 1. The van der Waals surface area contributed by atoms with Crippen molar-refractivity contribution in [2.24, 2.45) is 0 Å². The molecular formula is C26H22N4O2S. The molecule has 2 aromatic carbocycles. The van der Waals surface area contributed by atoms with Crippen LogP contribution in [0.5, 0.6) is 0 Å². The van der Waals surface area contributed by atoms with Crippen LogP contribution in [0.1, 0.15) is 15.9 Å². The summed E-state index contributed by atoms with van der Waals surface area (Å²) in [5.41, 5.74) is 4.23. The van der Waals surface area contributed by atoms with E-state index < -0.39 is 0 Å². The number of hydrogen-bond donors (Lipinski definition) is 1. The zero-order chi connectivity index (χ0) is 22.9. The number of carbonyl (C=O) groups is 2. The lowest BCUT2D eigenvalue weighted by Gasteiger charge is -2.13. The predicted molar refractivity (Wildman–Crippen MR) is 129 cm³/mol. The highest BCUT2D eigenvalue weighted by Gasteiger charge is 2.33. The molecule has 4 aromatic rings. The normalized spacial score (nSPS) is 13.0. The number of nitrogens with zero attached hydrogens (tertiary/aromatic N) is 3. The van der Waals surface area contributed by atoms with Crippen LogP contribution in [-0.4, -0.2) is 41.2 Å². The standard InChI is InChI=1S/C26H22N4O2S/c1-29(2)26(32)30-15-21(20-11-10-18(13-23(20)30)17-7-4-3-5-8-17)24(31)22-16-33-25(28-22)19-9-6-12-27-14-19/h3-16H,28H2,1-2H3. The van der Waals surface area contributed by atoms with Gasteiger partial charge in [0.15, 0.2) is 16.7 Å². The van der Waals surface area contributed by atoms with Crippen LogP contribution in [-0.2, 0) is 11.4 Å². The van der Waals surface area contributed by atoms with Crippen molar-refractivity contribution in [3.05, 3.63) is 102 Å². The quantitative estimate of drug-likeness (QED) is 0.169. The van der Waals surface area contributed by atoms with Crippen molar-refractivity contribution in [2.75, 3.05) is 14.1 Å². The van der Waals surface area contributed by atoms with Crippen LogP contribution < -0.4 is 9.88 Å². The lowest BCUT2D eigenvalue weighted by Crippen LogP contribution is -2.86. The Labute approximate surface area is 195 Å². The summed E-state index contributed by atoms with van der Waals surface area (Å²) in [6.07, 6.45) is 5.17. The first-order valence-corrected chi connectivity index (χ1v) is 11.4. The number of rotatable bonds is 4. The fourth-order valence-electron chi connectivity index (χ4n) is 3.86. The second-order valence-corrected chi connectivity index (χ2v) is 8.87. The van der Waals surface area contributed by atoms with Crippen LogP contribution in [0.15, 0.2) is 79.3 Å². The Morgan fingerprint density at radius 1 is 1.03 bits per heavy atom. The van der Waals surface area contributed by atoms with E-state index in [4.69, 9.17) is 0 Å². The highest BCUT2D eigenvalue weighted by Crippen LogP contribution is 2.27. The lowest BCUT2D eigenvalue weighted by molar-refractivity contribution is -0.580. The molecule has 5 rings (SSSR count). The van der Waals surface area contributed by atoms with Crippen molar-refractivity contribution < 1.29 is 19.5 Å². The minimum Gasteiger partial charge on any atom is -0.345 e. The summed E-state index contributed by atoms with van der Waals surface area (Å²) >= 11 is 1.51. The third-order valence-electron chi connectivity index (χ3n) is 5.55. The van der Waals surface area contributed by atoms with E-state index in [1.165, 1.54) is 16.3 Å². The molecule has 33 heavy (non-hydrogen) atoms. The molecule has 0 bridgehead atoms. The summed E-state index contributed by atoms with van der Waals surface area (Å²) in [5, 5.41) is 5.48. The molecule has 6 nitrogen and oxygen atoms in total. The maximum Gasteiger partial charge on any atom is 0.441 e. The fourth-order valence-corrected chi connectivity index (χ4v) is 4.74. The van der Waals surface area contributed by atoms with Crippen molar-refractivity contribution in [3.8, 4) is 11.1 Å². The smallest absolute Gasteiger partial charge is 0.345 e. The second kappa shape index (κ2) is 8.54. The number of quaternary nitrogens is 1. The molecule has 3 heterocycles. The average molecular weight is 455 g/mol. The van der Waals surface area contributed by atoms with Crippen LogP contribution in [0, 0.1) is 11.4 Å². The van der Waals surface area contributed by atoms with E-state index >= 15 is 0 Å².